The smallest absolute Gasteiger partial charge is 0.188 e. The number of benzene rings is 2. The zero-order valence-corrected chi connectivity index (χ0v) is 12.8. The zero-order chi connectivity index (χ0) is 13.4. The van der Waals surface area contributed by atoms with Crippen molar-refractivity contribution < 1.29 is 0 Å². The molecule has 0 radical (unpaired) electrons. The Morgan fingerprint density at radius 1 is 1.26 bits per heavy atom. The molecule has 0 aliphatic heterocycles. The summed E-state index contributed by atoms with van der Waals surface area (Å²) in [6.07, 6.45) is 0. The van der Waals surface area contributed by atoms with E-state index in [0.29, 0.717) is 5.02 Å². The average Bonchev–Trinajstić information content (AvgIpc) is 2.76. The lowest BCUT2D eigenvalue weighted by Crippen LogP contribution is -1.90. The maximum atomic E-state index is 6.06. The van der Waals surface area contributed by atoms with Crippen molar-refractivity contribution in [1.82, 2.24) is 4.98 Å². The Kier molecular flexibility index (Phi) is 3.35. The highest BCUT2D eigenvalue weighted by molar-refractivity contribution is 9.10. The molecule has 0 amide bonds. The first-order valence-electron chi connectivity index (χ1n) is 5.50. The van der Waals surface area contributed by atoms with Crippen LogP contribution in [-0.2, 0) is 0 Å². The summed E-state index contributed by atoms with van der Waals surface area (Å²) in [6.45, 7) is 0. The third kappa shape index (κ3) is 2.54. The van der Waals surface area contributed by atoms with Crippen LogP contribution >= 0.6 is 38.9 Å². The molecule has 0 fully saturated rings. The Morgan fingerprint density at radius 2 is 2.11 bits per heavy atom. The van der Waals surface area contributed by atoms with Gasteiger partial charge < -0.3 is 11.1 Å². The number of nitrogens with one attached hydrogen (secondary N) is 1. The predicted molar refractivity (Wildman–Crippen MR) is 86.5 cm³/mol. The highest BCUT2D eigenvalue weighted by atomic mass is 79.9. The molecule has 6 heteroatoms. The summed E-state index contributed by atoms with van der Waals surface area (Å²) in [5.74, 6) is 0. The summed E-state index contributed by atoms with van der Waals surface area (Å²) in [6, 6.07) is 11.3. The first kappa shape index (κ1) is 12.7. The van der Waals surface area contributed by atoms with Crippen molar-refractivity contribution in [2.75, 3.05) is 11.1 Å². The van der Waals surface area contributed by atoms with Crippen LogP contribution in [0.4, 0.5) is 16.5 Å². The van der Waals surface area contributed by atoms with Crippen molar-refractivity contribution in [3.05, 3.63) is 45.9 Å². The van der Waals surface area contributed by atoms with Gasteiger partial charge in [0, 0.05) is 5.69 Å². The van der Waals surface area contributed by atoms with Crippen LogP contribution in [0, 0.1) is 0 Å². The largest absolute Gasteiger partial charge is 0.399 e. The lowest BCUT2D eigenvalue weighted by Gasteiger charge is -2.05. The molecule has 3 rings (SSSR count). The number of fused-ring (bicyclic) bond motifs is 1. The number of halogens is 2. The van der Waals surface area contributed by atoms with Gasteiger partial charge in [0.1, 0.15) is 0 Å². The van der Waals surface area contributed by atoms with E-state index in [1.165, 1.54) is 0 Å². The molecular weight excluding hydrogens is 346 g/mol. The maximum Gasteiger partial charge on any atom is 0.188 e. The lowest BCUT2D eigenvalue weighted by molar-refractivity contribution is 1.43. The molecule has 96 valence electrons. The number of nitrogens with zero attached hydrogens (tertiary/aromatic N) is 1. The maximum absolute atomic E-state index is 6.06. The summed E-state index contributed by atoms with van der Waals surface area (Å²) in [5.41, 5.74) is 8.32. The van der Waals surface area contributed by atoms with Crippen LogP contribution < -0.4 is 11.1 Å². The van der Waals surface area contributed by atoms with E-state index in [9.17, 15) is 0 Å². The van der Waals surface area contributed by atoms with Gasteiger partial charge in [-0.05, 0) is 46.3 Å². The topological polar surface area (TPSA) is 50.9 Å². The first-order valence-corrected chi connectivity index (χ1v) is 7.49. The molecule has 1 aromatic heterocycles. The second kappa shape index (κ2) is 5.00. The molecule has 0 aliphatic carbocycles. The number of rotatable bonds is 2. The van der Waals surface area contributed by atoms with E-state index in [4.69, 9.17) is 17.3 Å². The molecule has 0 aliphatic rings. The monoisotopic (exact) mass is 353 g/mol. The van der Waals surface area contributed by atoms with Gasteiger partial charge in [-0.25, -0.2) is 4.98 Å². The number of thiazole rings is 1. The predicted octanol–water partition coefficient (Wildman–Crippen LogP) is 5.04. The van der Waals surface area contributed by atoms with Crippen LogP contribution in [0.25, 0.3) is 10.2 Å². The fourth-order valence-corrected chi connectivity index (χ4v) is 3.17. The number of hydrogen-bond donors (Lipinski definition) is 2. The van der Waals surface area contributed by atoms with E-state index >= 15 is 0 Å². The van der Waals surface area contributed by atoms with Gasteiger partial charge >= 0.3 is 0 Å². The third-order valence-corrected chi connectivity index (χ3v) is 4.94. The Balaban J connectivity index is 1.99. The molecule has 0 saturated carbocycles. The molecule has 0 unspecified atom stereocenters. The summed E-state index contributed by atoms with van der Waals surface area (Å²) in [4.78, 5) is 4.51. The van der Waals surface area contributed by atoms with Crippen LogP contribution in [0.15, 0.2) is 40.9 Å². The molecule has 3 nitrogen and oxygen atoms in total. The van der Waals surface area contributed by atoms with E-state index in [-0.39, 0.29) is 0 Å². The lowest BCUT2D eigenvalue weighted by atomic mass is 10.3. The minimum atomic E-state index is 0.662. The van der Waals surface area contributed by atoms with E-state index in [1.54, 1.807) is 11.3 Å². The average molecular weight is 355 g/mol. The van der Waals surface area contributed by atoms with Crippen LogP contribution in [-0.4, -0.2) is 4.98 Å². The summed E-state index contributed by atoms with van der Waals surface area (Å²) >= 11 is 11.1. The standard InChI is InChI=1S/C13H9BrClN3S/c14-12-8(15)2-1-3-10(12)18-13-17-9-5-4-7(16)6-11(9)19-13/h1-6H,16H2,(H,17,18). The number of hydrogen-bond acceptors (Lipinski definition) is 4. The van der Waals surface area contributed by atoms with Crippen LogP contribution in [0.1, 0.15) is 0 Å². The Bertz CT molecular complexity index is 757. The van der Waals surface area contributed by atoms with Gasteiger partial charge in [-0.3, -0.25) is 0 Å². The van der Waals surface area contributed by atoms with E-state index in [2.05, 4.69) is 26.2 Å². The van der Waals surface area contributed by atoms with Crippen molar-refractivity contribution in [3.8, 4) is 0 Å². The van der Waals surface area contributed by atoms with Crippen molar-refractivity contribution in [1.29, 1.82) is 0 Å². The molecule has 0 saturated heterocycles. The minimum Gasteiger partial charge on any atom is -0.399 e. The summed E-state index contributed by atoms with van der Waals surface area (Å²) in [7, 11) is 0. The van der Waals surface area contributed by atoms with Crippen LogP contribution in [0.2, 0.25) is 5.02 Å². The number of nitrogen functional groups attached to an aromatic ring is 1. The SMILES string of the molecule is Nc1ccc2nc(Nc3cccc(Cl)c3Br)sc2c1. The van der Waals surface area contributed by atoms with E-state index in [1.807, 2.05) is 36.4 Å². The van der Waals surface area contributed by atoms with Gasteiger partial charge in [0.15, 0.2) is 5.13 Å². The molecule has 0 spiro atoms. The van der Waals surface area contributed by atoms with Gasteiger partial charge in [-0.2, -0.15) is 0 Å². The first-order chi connectivity index (χ1) is 9.13. The van der Waals surface area contributed by atoms with Gasteiger partial charge in [0.05, 0.1) is 25.4 Å². The van der Waals surface area contributed by atoms with Gasteiger partial charge in [-0.1, -0.05) is 29.0 Å². The van der Waals surface area contributed by atoms with Gasteiger partial charge in [0.2, 0.25) is 0 Å². The van der Waals surface area contributed by atoms with Crippen molar-refractivity contribution in [2.24, 2.45) is 0 Å². The highest BCUT2D eigenvalue weighted by Crippen LogP contribution is 2.35. The highest BCUT2D eigenvalue weighted by Gasteiger charge is 2.08. The van der Waals surface area contributed by atoms with E-state index in [0.717, 1.165) is 31.2 Å². The second-order valence-corrected chi connectivity index (χ2v) is 6.20. The molecule has 19 heavy (non-hydrogen) atoms. The Labute approximate surface area is 127 Å². The number of aromatic nitrogens is 1. The number of anilines is 3. The Hall–Kier alpha value is -1.30. The number of nitrogens with two attached hydrogens (primary N) is 1. The molecule has 2 aromatic carbocycles. The molecule has 3 aromatic rings. The third-order valence-electron chi connectivity index (χ3n) is 2.61. The quantitative estimate of drug-likeness (QED) is 0.634. The fraction of sp³-hybridized carbons (Fsp3) is 0. The fourth-order valence-electron chi connectivity index (χ4n) is 1.71. The molecular formula is C13H9BrClN3S. The molecule has 3 N–H and O–H groups in total. The van der Waals surface area contributed by atoms with Gasteiger partial charge in [-0.15, -0.1) is 0 Å². The Morgan fingerprint density at radius 3 is 2.95 bits per heavy atom. The van der Waals surface area contributed by atoms with Crippen molar-refractivity contribution in [3.63, 3.8) is 0 Å². The minimum absolute atomic E-state index is 0.662. The molecule has 1 heterocycles. The zero-order valence-electron chi connectivity index (χ0n) is 9.65. The van der Waals surface area contributed by atoms with Crippen molar-refractivity contribution in [2.45, 2.75) is 0 Å². The van der Waals surface area contributed by atoms with E-state index < -0.39 is 0 Å². The van der Waals surface area contributed by atoms with Crippen LogP contribution in [0.5, 0.6) is 0 Å². The summed E-state index contributed by atoms with van der Waals surface area (Å²) in [5, 5.41) is 4.73. The van der Waals surface area contributed by atoms with Crippen LogP contribution in [0.3, 0.4) is 0 Å². The second-order valence-electron chi connectivity index (χ2n) is 3.97. The molecule has 0 atom stereocenters. The van der Waals surface area contributed by atoms with Crippen molar-refractivity contribution >= 4 is 65.6 Å². The molecule has 0 bridgehead atoms. The normalized spacial score (nSPS) is 10.8. The van der Waals surface area contributed by atoms with Gasteiger partial charge in [0.25, 0.3) is 0 Å². The summed E-state index contributed by atoms with van der Waals surface area (Å²) < 4.78 is 1.89.